The van der Waals surface area contributed by atoms with Crippen LogP contribution in [0.4, 0.5) is 5.82 Å². The van der Waals surface area contributed by atoms with E-state index in [0.717, 1.165) is 19.3 Å². The number of hydrogen-bond donors (Lipinski definition) is 2. The van der Waals surface area contributed by atoms with Crippen LogP contribution < -0.4 is 11.1 Å². The molecule has 1 saturated carbocycles. The van der Waals surface area contributed by atoms with Crippen LogP contribution in [-0.4, -0.2) is 21.9 Å². The first-order chi connectivity index (χ1) is 8.65. The zero-order valence-electron chi connectivity index (χ0n) is 10.3. The van der Waals surface area contributed by atoms with Crippen molar-refractivity contribution in [3.05, 3.63) is 30.7 Å². The Hall–Kier alpha value is -1.75. The molecule has 1 fully saturated rings. The van der Waals surface area contributed by atoms with E-state index >= 15 is 0 Å². The third-order valence-electron chi connectivity index (χ3n) is 3.30. The van der Waals surface area contributed by atoms with Gasteiger partial charge >= 0.3 is 0 Å². The summed E-state index contributed by atoms with van der Waals surface area (Å²) in [5.41, 5.74) is 7.23. The van der Waals surface area contributed by atoms with Gasteiger partial charge in [0.25, 0.3) is 0 Å². The van der Waals surface area contributed by atoms with Crippen LogP contribution in [0.5, 0.6) is 0 Å². The van der Waals surface area contributed by atoms with Gasteiger partial charge < -0.3 is 11.1 Å². The summed E-state index contributed by atoms with van der Waals surface area (Å²) < 4.78 is 0. The lowest BCUT2D eigenvalue weighted by Gasteiger charge is -2.29. The third kappa shape index (κ3) is 3.37. The molecule has 5 nitrogen and oxygen atoms in total. The third-order valence-corrected chi connectivity index (χ3v) is 3.30. The average molecular weight is 246 g/mol. The zero-order chi connectivity index (χ0) is 13.0. The highest BCUT2D eigenvalue weighted by molar-refractivity contribution is 5.89. The summed E-state index contributed by atoms with van der Waals surface area (Å²) >= 11 is 0. The molecular formula is C13H18N4O. The number of aromatic nitrogens is 2. The molecule has 3 N–H and O–H groups in total. The lowest BCUT2D eigenvalue weighted by Crippen LogP contribution is -2.36. The highest BCUT2D eigenvalue weighted by atomic mass is 16.1. The first-order valence-electron chi connectivity index (χ1n) is 6.13. The molecule has 18 heavy (non-hydrogen) atoms. The fourth-order valence-electron chi connectivity index (χ4n) is 2.26. The van der Waals surface area contributed by atoms with Crippen molar-refractivity contribution in [3.63, 3.8) is 0 Å². The molecule has 1 amide bonds. The molecule has 96 valence electrons. The first kappa shape index (κ1) is 12.7. The molecular weight excluding hydrogens is 228 g/mol. The fraction of sp³-hybridized carbons (Fsp3) is 0.462. The Morgan fingerprint density at radius 2 is 2.44 bits per heavy atom. The van der Waals surface area contributed by atoms with E-state index in [1.165, 1.54) is 11.9 Å². The smallest absolute Gasteiger partial charge is 0.225 e. The summed E-state index contributed by atoms with van der Waals surface area (Å²) in [5, 5.41) is 2.75. The van der Waals surface area contributed by atoms with E-state index in [9.17, 15) is 4.79 Å². The Kier molecular flexibility index (Phi) is 4.04. The molecule has 0 radical (unpaired) electrons. The number of nitrogens with zero attached hydrogens (tertiary/aromatic N) is 2. The average Bonchev–Trinajstić information content (AvgIpc) is 2.34. The number of amides is 1. The highest BCUT2D eigenvalue weighted by Crippen LogP contribution is 2.28. The fourth-order valence-corrected chi connectivity index (χ4v) is 2.26. The summed E-state index contributed by atoms with van der Waals surface area (Å²) in [6.45, 7) is 3.95. The zero-order valence-corrected chi connectivity index (χ0v) is 10.3. The van der Waals surface area contributed by atoms with Gasteiger partial charge in [-0.1, -0.05) is 12.2 Å². The van der Waals surface area contributed by atoms with Crippen LogP contribution in [0.3, 0.4) is 0 Å². The highest BCUT2D eigenvalue weighted by Gasteiger charge is 2.25. The van der Waals surface area contributed by atoms with Crippen molar-refractivity contribution in [3.8, 4) is 0 Å². The van der Waals surface area contributed by atoms with Crippen molar-refractivity contribution < 1.29 is 4.79 Å². The molecule has 2 unspecified atom stereocenters. The maximum atomic E-state index is 11.9. The van der Waals surface area contributed by atoms with E-state index in [1.807, 2.05) is 0 Å². The van der Waals surface area contributed by atoms with Crippen molar-refractivity contribution in [2.24, 2.45) is 11.7 Å². The van der Waals surface area contributed by atoms with Crippen molar-refractivity contribution in [2.45, 2.75) is 31.7 Å². The molecule has 2 rings (SSSR count). The SMILES string of the molecule is C=C1CCC(CC(=O)Nc2ccncn2)C(N)C1. The molecule has 1 aromatic heterocycles. The standard InChI is InChI=1S/C13H18N4O/c1-9-2-3-10(11(14)6-9)7-13(18)17-12-4-5-15-8-16-12/h4-5,8,10-11H,1-3,6-7,14H2,(H,15,16,17,18). The minimum absolute atomic E-state index is 0.0401. The van der Waals surface area contributed by atoms with E-state index in [-0.39, 0.29) is 17.9 Å². The lowest BCUT2D eigenvalue weighted by atomic mass is 9.81. The van der Waals surface area contributed by atoms with Gasteiger partial charge in [-0.05, 0) is 31.2 Å². The van der Waals surface area contributed by atoms with Gasteiger partial charge in [0, 0.05) is 18.7 Å². The van der Waals surface area contributed by atoms with Crippen LogP contribution in [0.1, 0.15) is 25.7 Å². The van der Waals surface area contributed by atoms with Crippen LogP contribution in [0.25, 0.3) is 0 Å². The number of carbonyl (C=O) groups excluding carboxylic acids is 1. The lowest BCUT2D eigenvalue weighted by molar-refractivity contribution is -0.117. The second-order valence-corrected chi connectivity index (χ2v) is 4.76. The summed E-state index contributed by atoms with van der Waals surface area (Å²) in [4.78, 5) is 19.6. The van der Waals surface area contributed by atoms with E-state index in [1.54, 1.807) is 12.3 Å². The van der Waals surface area contributed by atoms with Crippen LogP contribution >= 0.6 is 0 Å². The molecule has 2 atom stereocenters. The van der Waals surface area contributed by atoms with E-state index in [4.69, 9.17) is 5.73 Å². The maximum absolute atomic E-state index is 11.9. The van der Waals surface area contributed by atoms with Gasteiger partial charge in [-0.15, -0.1) is 0 Å². The second-order valence-electron chi connectivity index (χ2n) is 4.76. The molecule has 1 aliphatic rings. The number of hydrogen-bond acceptors (Lipinski definition) is 4. The van der Waals surface area contributed by atoms with Gasteiger partial charge in [-0.3, -0.25) is 4.79 Å². The molecule has 0 saturated heterocycles. The molecule has 1 heterocycles. The van der Waals surface area contributed by atoms with Crippen molar-refractivity contribution in [1.29, 1.82) is 0 Å². The van der Waals surface area contributed by atoms with Gasteiger partial charge in [-0.25, -0.2) is 9.97 Å². The number of nitrogens with one attached hydrogen (secondary N) is 1. The molecule has 5 heteroatoms. The largest absolute Gasteiger partial charge is 0.327 e. The van der Waals surface area contributed by atoms with Gasteiger partial charge in [0.15, 0.2) is 0 Å². The van der Waals surface area contributed by atoms with E-state index < -0.39 is 0 Å². The molecule has 0 bridgehead atoms. The quantitative estimate of drug-likeness (QED) is 0.792. The van der Waals surface area contributed by atoms with Crippen LogP contribution in [0.2, 0.25) is 0 Å². The topological polar surface area (TPSA) is 80.9 Å². The molecule has 0 aromatic carbocycles. The summed E-state index contributed by atoms with van der Waals surface area (Å²) in [7, 11) is 0. The Morgan fingerprint density at radius 1 is 1.61 bits per heavy atom. The molecule has 0 aliphatic heterocycles. The molecule has 0 spiro atoms. The summed E-state index contributed by atoms with van der Waals surface area (Å²) in [6.07, 6.45) is 6.19. The minimum atomic E-state index is -0.0401. The Bertz CT molecular complexity index is 432. The van der Waals surface area contributed by atoms with Gasteiger partial charge in [0.2, 0.25) is 5.91 Å². The molecule has 1 aliphatic carbocycles. The number of anilines is 1. The predicted octanol–water partition coefficient (Wildman–Crippen LogP) is 1.49. The Morgan fingerprint density at radius 3 is 3.11 bits per heavy atom. The van der Waals surface area contributed by atoms with Gasteiger partial charge in [0.05, 0.1) is 0 Å². The van der Waals surface area contributed by atoms with Crippen LogP contribution in [0.15, 0.2) is 30.7 Å². The number of nitrogens with two attached hydrogens (primary N) is 1. The van der Waals surface area contributed by atoms with Gasteiger partial charge in [-0.2, -0.15) is 0 Å². The second kappa shape index (κ2) is 5.73. The van der Waals surface area contributed by atoms with Crippen molar-refractivity contribution in [2.75, 3.05) is 5.32 Å². The van der Waals surface area contributed by atoms with Crippen LogP contribution in [-0.2, 0) is 4.79 Å². The Labute approximate surface area is 107 Å². The summed E-state index contributed by atoms with van der Waals surface area (Å²) in [6, 6.07) is 1.71. The monoisotopic (exact) mass is 246 g/mol. The number of rotatable bonds is 3. The van der Waals surface area contributed by atoms with Crippen molar-refractivity contribution >= 4 is 11.7 Å². The normalized spacial score (nSPS) is 23.7. The van der Waals surface area contributed by atoms with Crippen molar-refractivity contribution in [1.82, 2.24) is 9.97 Å². The minimum Gasteiger partial charge on any atom is -0.327 e. The molecule has 1 aromatic rings. The van der Waals surface area contributed by atoms with Gasteiger partial charge in [0.1, 0.15) is 12.1 Å². The van der Waals surface area contributed by atoms with Crippen LogP contribution in [0, 0.1) is 5.92 Å². The number of carbonyl (C=O) groups is 1. The maximum Gasteiger partial charge on any atom is 0.225 e. The van der Waals surface area contributed by atoms with E-state index in [2.05, 4.69) is 21.9 Å². The first-order valence-corrected chi connectivity index (χ1v) is 6.13. The summed E-state index contributed by atoms with van der Waals surface area (Å²) in [5.74, 6) is 0.725. The predicted molar refractivity (Wildman–Crippen MR) is 69.7 cm³/mol. The van der Waals surface area contributed by atoms with E-state index in [0.29, 0.717) is 12.2 Å². The Balaban J connectivity index is 1.86.